The number of hydrogen-bond acceptors (Lipinski definition) is 6. The Balaban J connectivity index is 1.96. The number of carbonyl (C=O) groups is 1. The van der Waals surface area contributed by atoms with Crippen molar-refractivity contribution >= 4 is 33.0 Å². The molecule has 1 saturated heterocycles. The van der Waals surface area contributed by atoms with Crippen LogP contribution in [0.15, 0.2) is 42.5 Å². The third-order valence-corrected chi connectivity index (χ3v) is 6.03. The van der Waals surface area contributed by atoms with Gasteiger partial charge in [0.05, 0.1) is 29.2 Å². The van der Waals surface area contributed by atoms with Gasteiger partial charge in [0, 0.05) is 12.6 Å². The van der Waals surface area contributed by atoms with Gasteiger partial charge < -0.3 is 10.1 Å². The highest BCUT2D eigenvalue weighted by Crippen LogP contribution is 2.33. The fourth-order valence-electron chi connectivity index (χ4n) is 2.89. The molecule has 1 amide bonds. The molecule has 1 N–H and O–H groups in total. The molecule has 142 valence electrons. The number of nitro benzene ring substituents is 1. The van der Waals surface area contributed by atoms with Crippen LogP contribution in [0, 0.1) is 10.1 Å². The molecule has 0 aromatic heterocycles. The zero-order chi connectivity index (χ0) is 19.6. The molecule has 0 atom stereocenters. The Morgan fingerprint density at radius 3 is 2.63 bits per heavy atom. The van der Waals surface area contributed by atoms with Crippen LogP contribution in [-0.2, 0) is 10.0 Å². The van der Waals surface area contributed by atoms with E-state index in [-0.39, 0.29) is 22.7 Å². The van der Waals surface area contributed by atoms with Gasteiger partial charge in [-0.1, -0.05) is 12.1 Å². The van der Waals surface area contributed by atoms with E-state index in [1.54, 1.807) is 6.07 Å². The molecule has 1 aliphatic heterocycles. The second kappa shape index (κ2) is 7.23. The van der Waals surface area contributed by atoms with Gasteiger partial charge in [-0.15, -0.1) is 0 Å². The highest BCUT2D eigenvalue weighted by Gasteiger charge is 2.29. The molecule has 0 spiro atoms. The second-order valence-electron chi connectivity index (χ2n) is 5.85. The molecule has 1 aliphatic rings. The van der Waals surface area contributed by atoms with Crippen molar-refractivity contribution in [3.63, 3.8) is 0 Å². The molecule has 0 bridgehead atoms. The van der Waals surface area contributed by atoms with Crippen LogP contribution >= 0.6 is 0 Å². The van der Waals surface area contributed by atoms with E-state index in [1.807, 2.05) is 0 Å². The standard InChI is InChI=1S/C17H17N3O6S/c1-26-16-8-7-12(19-9-4-10-27(19,24)25)11-14(16)18-17(21)13-5-2-3-6-15(13)20(22)23/h2-3,5-8,11H,4,9-10H2,1H3,(H,18,21). The fourth-order valence-corrected chi connectivity index (χ4v) is 4.45. The van der Waals surface area contributed by atoms with E-state index in [0.29, 0.717) is 24.4 Å². The van der Waals surface area contributed by atoms with Crippen molar-refractivity contribution in [2.45, 2.75) is 6.42 Å². The molecule has 1 heterocycles. The zero-order valence-corrected chi connectivity index (χ0v) is 15.2. The summed E-state index contributed by atoms with van der Waals surface area (Å²) in [5.41, 5.74) is 0.183. The molecular formula is C17H17N3O6S. The molecule has 27 heavy (non-hydrogen) atoms. The van der Waals surface area contributed by atoms with E-state index in [9.17, 15) is 23.3 Å². The fraction of sp³-hybridized carbons (Fsp3) is 0.235. The van der Waals surface area contributed by atoms with E-state index in [1.165, 1.54) is 47.8 Å². The lowest BCUT2D eigenvalue weighted by Crippen LogP contribution is -2.25. The summed E-state index contributed by atoms with van der Waals surface area (Å²) >= 11 is 0. The van der Waals surface area contributed by atoms with E-state index < -0.39 is 20.9 Å². The summed E-state index contributed by atoms with van der Waals surface area (Å²) in [6, 6.07) is 10.2. The maximum atomic E-state index is 12.6. The maximum absolute atomic E-state index is 12.6. The number of rotatable bonds is 5. The van der Waals surface area contributed by atoms with Gasteiger partial charge in [-0.3, -0.25) is 19.2 Å². The summed E-state index contributed by atoms with van der Waals surface area (Å²) in [6.07, 6.45) is 0.520. The quantitative estimate of drug-likeness (QED) is 0.617. The van der Waals surface area contributed by atoms with Crippen LogP contribution in [0.4, 0.5) is 17.1 Å². The molecule has 0 saturated carbocycles. The Hall–Kier alpha value is -3.14. The van der Waals surface area contributed by atoms with Crippen LogP contribution in [0.25, 0.3) is 0 Å². The molecule has 10 heteroatoms. The maximum Gasteiger partial charge on any atom is 0.282 e. The first-order valence-electron chi connectivity index (χ1n) is 8.07. The third-order valence-electron chi connectivity index (χ3n) is 4.16. The first-order valence-corrected chi connectivity index (χ1v) is 9.67. The summed E-state index contributed by atoms with van der Waals surface area (Å²) in [6.45, 7) is 0.353. The summed E-state index contributed by atoms with van der Waals surface area (Å²) in [4.78, 5) is 23.1. The number of methoxy groups -OCH3 is 1. The van der Waals surface area contributed by atoms with Crippen LogP contribution in [-0.4, -0.2) is 38.7 Å². The largest absolute Gasteiger partial charge is 0.495 e. The number of benzene rings is 2. The lowest BCUT2D eigenvalue weighted by molar-refractivity contribution is -0.385. The Bertz CT molecular complexity index is 1010. The summed E-state index contributed by atoms with van der Waals surface area (Å²) in [5, 5.41) is 13.7. The van der Waals surface area contributed by atoms with Crippen LogP contribution in [0.2, 0.25) is 0 Å². The molecule has 0 aliphatic carbocycles. The van der Waals surface area contributed by atoms with Gasteiger partial charge in [-0.05, 0) is 30.7 Å². The number of nitro groups is 1. The molecule has 2 aromatic rings. The molecular weight excluding hydrogens is 374 g/mol. The molecule has 2 aromatic carbocycles. The topological polar surface area (TPSA) is 119 Å². The summed E-state index contributed by atoms with van der Waals surface area (Å²) in [7, 11) is -1.98. The lowest BCUT2D eigenvalue weighted by Gasteiger charge is -2.19. The van der Waals surface area contributed by atoms with Crippen molar-refractivity contribution < 1.29 is 22.9 Å². The molecule has 0 unspecified atom stereocenters. The zero-order valence-electron chi connectivity index (χ0n) is 14.4. The Morgan fingerprint density at radius 2 is 2.00 bits per heavy atom. The van der Waals surface area contributed by atoms with Crippen molar-refractivity contribution in [1.82, 2.24) is 0 Å². The first kappa shape index (κ1) is 18.6. The predicted octanol–water partition coefficient (Wildman–Crippen LogP) is 2.40. The average molecular weight is 391 g/mol. The number of nitrogens with zero attached hydrogens (tertiary/aromatic N) is 2. The number of hydrogen-bond donors (Lipinski definition) is 1. The third kappa shape index (κ3) is 3.70. The number of sulfonamides is 1. The highest BCUT2D eigenvalue weighted by atomic mass is 32.2. The van der Waals surface area contributed by atoms with Crippen LogP contribution in [0.1, 0.15) is 16.8 Å². The average Bonchev–Trinajstić information content (AvgIpc) is 3.00. The lowest BCUT2D eigenvalue weighted by atomic mass is 10.1. The number of amides is 1. The first-order chi connectivity index (χ1) is 12.8. The highest BCUT2D eigenvalue weighted by molar-refractivity contribution is 7.93. The van der Waals surface area contributed by atoms with Gasteiger partial charge in [-0.2, -0.15) is 0 Å². The van der Waals surface area contributed by atoms with Crippen molar-refractivity contribution in [2.75, 3.05) is 29.0 Å². The number of nitrogens with one attached hydrogen (secondary N) is 1. The van der Waals surface area contributed by atoms with Gasteiger partial charge >= 0.3 is 0 Å². The number of anilines is 2. The van der Waals surface area contributed by atoms with Crippen LogP contribution in [0.5, 0.6) is 5.75 Å². The molecule has 1 fully saturated rings. The number of carbonyl (C=O) groups excluding carboxylic acids is 1. The SMILES string of the molecule is COc1ccc(N2CCCS2(=O)=O)cc1NC(=O)c1ccccc1[N+](=O)[O-]. The van der Waals surface area contributed by atoms with Gasteiger partial charge in [0.2, 0.25) is 10.0 Å². The van der Waals surface area contributed by atoms with Crippen LogP contribution < -0.4 is 14.4 Å². The van der Waals surface area contributed by atoms with Gasteiger partial charge in [-0.25, -0.2) is 8.42 Å². The predicted molar refractivity (Wildman–Crippen MR) is 99.8 cm³/mol. The minimum atomic E-state index is -3.38. The van der Waals surface area contributed by atoms with E-state index in [0.717, 1.165) is 0 Å². The molecule has 0 radical (unpaired) electrons. The molecule has 3 rings (SSSR count). The van der Waals surface area contributed by atoms with Crippen molar-refractivity contribution in [1.29, 1.82) is 0 Å². The van der Waals surface area contributed by atoms with Crippen LogP contribution in [0.3, 0.4) is 0 Å². The minimum absolute atomic E-state index is 0.0664. The summed E-state index contributed by atoms with van der Waals surface area (Å²) in [5.74, 6) is -0.318. The van der Waals surface area contributed by atoms with Gasteiger partial charge in [0.1, 0.15) is 11.3 Å². The monoisotopic (exact) mass is 391 g/mol. The Kier molecular flexibility index (Phi) is 5.00. The number of para-hydroxylation sites is 1. The summed E-state index contributed by atoms with van der Waals surface area (Å²) < 4.78 is 30.7. The van der Waals surface area contributed by atoms with Crippen molar-refractivity contribution in [3.05, 3.63) is 58.1 Å². The Morgan fingerprint density at radius 1 is 1.26 bits per heavy atom. The van der Waals surface area contributed by atoms with E-state index in [4.69, 9.17) is 4.74 Å². The second-order valence-corrected chi connectivity index (χ2v) is 7.87. The molecule has 9 nitrogen and oxygen atoms in total. The van der Waals surface area contributed by atoms with Crippen molar-refractivity contribution in [2.24, 2.45) is 0 Å². The number of ether oxygens (including phenoxy) is 1. The van der Waals surface area contributed by atoms with E-state index in [2.05, 4.69) is 5.32 Å². The normalized spacial score (nSPS) is 15.4. The Labute approximate surface area is 155 Å². The van der Waals surface area contributed by atoms with Gasteiger partial charge in [0.25, 0.3) is 11.6 Å². The van der Waals surface area contributed by atoms with Crippen molar-refractivity contribution in [3.8, 4) is 5.75 Å². The smallest absolute Gasteiger partial charge is 0.282 e. The van der Waals surface area contributed by atoms with E-state index >= 15 is 0 Å². The van der Waals surface area contributed by atoms with Gasteiger partial charge in [0.15, 0.2) is 0 Å². The minimum Gasteiger partial charge on any atom is -0.495 e.